The van der Waals surface area contributed by atoms with Crippen LogP contribution < -0.4 is 14.8 Å². The van der Waals surface area contributed by atoms with Gasteiger partial charge in [0.05, 0.1) is 19.9 Å². The molecular formula is C17H16N8O3S. The number of carbonyl (C=O) groups excluding carboxylic acids is 1. The highest BCUT2D eigenvalue weighted by Crippen LogP contribution is 2.35. The highest BCUT2D eigenvalue weighted by Gasteiger charge is 2.19. The fraction of sp³-hybridized carbons (Fsp3) is 0.176. The molecule has 3 heterocycles. The van der Waals surface area contributed by atoms with Crippen molar-refractivity contribution in [2.24, 2.45) is 0 Å². The summed E-state index contributed by atoms with van der Waals surface area (Å²) in [5.74, 6) is 1.71. The molecule has 0 radical (unpaired) electrons. The van der Waals surface area contributed by atoms with E-state index in [1.165, 1.54) is 22.3 Å². The van der Waals surface area contributed by atoms with Crippen molar-refractivity contribution in [3.63, 3.8) is 0 Å². The van der Waals surface area contributed by atoms with Gasteiger partial charge in [-0.3, -0.25) is 10.1 Å². The Balaban J connectivity index is 1.56. The van der Waals surface area contributed by atoms with Crippen molar-refractivity contribution >= 4 is 22.4 Å². The summed E-state index contributed by atoms with van der Waals surface area (Å²) in [7, 11) is 3.17. The van der Waals surface area contributed by atoms with E-state index >= 15 is 0 Å². The van der Waals surface area contributed by atoms with Crippen LogP contribution in [0.3, 0.4) is 0 Å². The van der Waals surface area contributed by atoms with E-state index in [1.54, 1.807) is 33.3 Å². The molecule has 12 heteroatoms. The molecule has 0 aliphatic rings. The molecule has 0 spiro atoms. The molecule has 2 N–H and O–H groups in total. The molecule has 0 atom stereocenters. The quantitative estimate of drug-likeness (QED) is 0.492. The number of hydrogen-bond acceptors (Lipinski definition) is 9. The molecule has 0 saturated carbocycles. The number of ether oxygens (including phenoxy) is 2. The summed E-state index contributed by atoms with van der Waals surface area (Å²) in [6, 6.07) is 5.42. The van der Waals surface area contributed by atoms with E-state index < -0.39 is 5.91 Å². The van der Waals surface area contributed by atoms with Gasteiger partial charge >= 0.3 is 0 Å². The Labute approximate surface area is 168 Å². The Morgan fingerprint density at radius 2 is 2.10 bits per heavy atom. The lowest BCUT2D eigenvalue weighted by atomic mass is 10.1. The van der Waals surface area contributed by atoms with Gasteiger partial charge in [-0.15, -0.1) is 16.4 Å². The average molecular weight is 412 g/mol. The lowest BCUT2D eigenvalue weighted by molar-refractivity contribution is 0.101. The van der Waals surface area contributed by atoms with Gasteiger partial charge in [0.25, 0.3) is 5.91 Å². The molecule has 148 valence electrons. The first-order valence-electron chi connectivity index (χ1n) is 8.37. The Morgan fingerprint density at radius 1 is 1.24 bits per heavy atom. The largest absolute Gasteiger partial charge is 0.497 e. The zero-order valence-corrected chi connectivity index (χ0v) is 16.5. The number of amides is 1. The average Bonchev–Trinajstić information content (AvgIpc) is 3.48. The second-order valence-electron chi connectivity index (χ2n) is 5.76. The van der Waals surface area contributed by atoms with Crippen LogP contribution in [0.4, 0.5) is 5.13 Å². The number of hydrogen-bond donors (Lipinski definition) is 2. The first-order valence-corrected chi connectivity index (χ1v) is 9.25. The van der Waals surface area contributed by atoms with Crippen LogP contribution in [0.5, 0.6) is 11.5 Å². The first-order chi connectivity index (χ1) is 14.1. The molecule has 4 rings (SSSR count). The van der Waals surface area contributed by atoms with Crippen molar-refractivity contribution in [1.29, 1.82) is 0 Å². The molecule has 0 aliphatic carbocycles. The van der Waals surface area contributed by atoms with Crippen molar-refractivity contribution in [2.45, 2.75) is 6.92 Å². The number of methoxy groups -OCH3 is 2. The van der Waals surface area contributed by atoms with E-state index in [2.05, 4.69) is 35.6 Å². The van der Waals surface area contributed by atoms with E-state index in [1.807, 2.05) is 11.4 Å². The predicted octanol–water partition coefficient (Wildman–Crippen LogP) is 2.09. The molecular weight excluding hydrogens is 396 g/mol. The minimum atomic E-state index is -0.482. The van der Waals surface area contributed by atoms with Crippen LogP contribution in [-0.4, -0.2) is 55.1 Å². The number of H-pyrrole nitrogens is 1. The van der Waals surface area contributed by atoms with Gasteiger partial charge in [0.2, 0.25) is 11.8 Å². The molecule has 1 aromatic carbocycles. The van der Waals surface area contributed by atoms with Gasteiger partial charge < -0.3 is 9.47 Å². The van der Waals surface area contributed by atoms with E-state index in [0.717, 1.165) is 5.56 Å². The van der Waals surface area contributed by atoms with Crippen molar-refractivity contribution in [1.82, 2.24) is 34.9 Å². The van der Waals surface area contributed by atoms with Gasteiger partial charge in [-0.1, -0.05) is 0 Å². The number of rotatable bonds is 6. The van der Waals surface area contributed by atoms with Crippen molar-refractivity contribution in [3.05, 3.63) is 41.6 Å². The van der Waals surface area contributed by atoms with Crippen molar-refractivity contribution in [2.75, 3.05) is 19.5 Å². The number of nitrogens with one attached hydrogen (secondary N) is 2. The third kappa shape index (κ3) is 3.65. The maximum absolute atomic E-state index is 12.5. The molecule has 0 fully saturated rings. The Morgan fingerprint density at radius 3 is 2.83 bits per heavy atom. The van der Waals surface area contributed by atoms with Crippen LogP contribution in [0.15, 0.2) is 29.9 Å². The number of thiazole rings is 1. The Bertz CT molecular complexity index is 1150. The first kappa shape index (κ1) is 18.6. The van der Waals surface area contributed by atoms with Gasteiger partial charge in [-0.05, 0) is 25.1 Å². The number of anilines is 1. The molecule has 0 bridgehead atoms. The summed E-state index contributed by atoms with van der Waals surface area (Å²) in [6.45, 7) is 1.71. The van der Waals surface area contributed by atoms with Crippen LogP contribution in [0.25, 0.3) is 17.2 Å². The summed E-state index contributed by atoms with van der Waals surface area (Å²) in [5.41, 5.74) is 1.41. The number of carbonyl (C=O) groups is 1. The molecule has 0 aliphatic heterocycles. The molecule has 11 nitrogen and oxygen atoms in total. The second-order valence-corrected chi connectivity index (χ2v) is 6.62. The standard InChI is InChI=1S/C17H16N8O3S/c1-9-20-14(24-25(9)16-18-8-19-23-16)15(26)22-17-21-12(7-29-17)11-6-10(27-2)4-5-13(11)28-3/h4-8H,1-3H3,(H,18,19,23)(H,21,22,26). The number of aromatic nitrogens is 7. The van der Waals surface area contributed by atoms with Crippen molar-refractivity contribution < 1.29 is 14.3 Å². The zero-order valence-electron chi connectivity index (χ0n) is 15.7. The van der Waals surface area contributed by atoms with Gasteiger partial charge in [-0.2, -0.15) is 14.8 Å². The maximum Gasteiger partial charge on any atom is 0.297 e. The minimum absolute atomic E-state index is 0.00499. The molecule has 4 aromatic rings. The second kappa shape index (κ2) is 7.67. The smallest absolute Gasteiger partial charge is 0.297 e. The lowest BCUT2D eigenvalue weighted by Gasteiger charge is -2.08. The summed E-state index contributed by atoms with van der Waals surface area (Å²) >= 11 is 1.28. The normalized spacial score (nSPS) is 10.7. The molecule has 0 unspecified atom stereocenters. The highest BCUT2D eigenvalue weighted by atomic mass is 32.1. The fourth-order valence-electron chi connectivity index (χ4n) is 2.61. The monoisotopic (exact) mass is 412 g/mol. The lowest BCUT2D eigenvalue weighted by Crippen LogP contribution is -2.14. The van der Waals surface area contributed by atoms with Crippen LogP contribution in [-0.2, 0) is 0 Å². The van der Waals surface area contributed by atoms with Crippen LogP contribution in [0.1, 0.15) is 16.4 Å². The number of aryl methyl sites for hydroxylation is 1. The van der Waals surface area contributed by atoms with Gasteiger partial charge in [0, 0.05) is 10.9 Å². The Hall–Kier alpha value is -3.80. The van der Waals surface area contributed by atoms with Crippen molar-refractivity contribution in [3.8, 4) is 28.7 Å². The summed E-state index contributed by atoms with van der Waals surface area (Å²) in [5, 5.41) is 15.5. The fourth-order valence-corrected chi connectivity index (χ4v) is 3.32. The zero-order chi connectivity index (χ0) is 20.4. The molecule has 3 aromatic heterocycles. The molecule has 1 amide bonds. The van der Waals surface area contributed by atoms with Gasteiger partial charge in [0.1, 0.15) is 23.7 Å². The topological polar surface area (TPSA) is 133 Å². The number of nitrogens with zero attached hydrogens (tertiary/aromatic N) is 6. The maximum atomic E-state index is 12.5. The molecule has 29 heavy (non-hydrogen) atoms. The Kier molecular flexibility index (Phi) is 4.91. The number of aromatic amines is 1. The van der Waals surface area contributed by atoms with Gasteiger partial charge in [0.15, 0.2) is 5.13 Å². The SMILES string of the molecule is COc1ccc(OC)c(-c2csc(NC(=O)c3nc(C)n(-c4ncn[nH]4)n3)n2)c1. The third-order valence-electron chi connectivity index (χ3n) is 3.98. The van der Waals surface area contributed by atoms with Gasteiger partial charge in [-0.25, -0.2) is 15.1 Å². The predicted molar refractivity (Wildman–Crippen MR) is 105 cm³/mol. The third-order valence-corrected chi connectivity index (χ3v) is 4.74. The van der Waals surface area contributed by atoms with E-state index in [0.29, 0.717) is 34.1 Å². The van der Waals surface area contributed by atoms with E-state index in [9.17, 15) is 4.79 Å². The summed E-state index contributed by atoms with van der Waals surface area (Å²) in [6.07, 6.45) is 1.35. The van der Waals surface area contributed by atoms with E-state index in [4.69, 9.17) is 9.47 Å². The van der Waals surface area contributed by atoms with E-state index in [-0.39, 0.29) is 5.82 Å². The molecule has 0 saturated heterocycles. The van der Waals surface area contributed by atoms with Crippen LogP contribution >= 0.6 is 11.3 Å². The highest BCUT2D eigenvalue weighted by molar-refractivity contribution is 7.14. The number of benzene rings is 1. The summed E-state index contributed by atoms with van der Waals surface area (Å²) in [4.78, 5) is 25.2. The van der Waals surface area contributed by atoms with Crippen LogP contribution in [0, 0.1) is 6.92 Å². The van der Waals surface area contributed by atoms with Crippen LogP contribution in [0.2, 0.25) is 0 Å². The summed E-state index contributed by atoms with van der Waals surface area (Å²) < 4.78 is 12.1. The minimum Gasteiger partial charge on any atom is -0.497 e.